The topological polar surface area (TPSA) is 55.1 Å². The summed E-state index contributed by atoms with van der Waals surface area (Å²) >= 11 is 0. The predicted molar refractivity (Wildman–Crippen MR) is 64.6 cm³/mol. The van der Waals surface area contributed by atoms with E-state index in [1.54, 1.807) is 10.7 Å². The van der Waals surface area contributed by atoms with E-state index in [1.165, 1.54) is 5.56 Å². The number of aromatic carboxylic acids is 1. The van der Waals surface area contributed by atoms with Gasteiger partial charge in [-0.3, -0.25) is 0 Å². The first kappa shape index (κ1) is 11.4. The third-order valence-corrected chi connectivity index (χ3v) is 2.67. The molecule has 0 bridgehead atoms. The zero-order valence-corrected chi connectivity index (χ0v) is 9.84. The molecule has 2 aromatic rings. The number of aromatic nitrogens is 2. The molecule has 1 aromatic heterocycles. The molecule has 17 heavy (non-hydrogen) atoms. The Kier molecular flexibility index (Phi) is 2.95. The molecule has 0 aliphatic rings. The van der Waals surface area contributed by atoms with E-state index in [9.17, 15) is 4.79 Å². The summed E-state index contributed by atoms with van der Waals surface area (Å²) in [7, 11) is 0. The summed E-state index contributed by atoms with van der Waals surface area (Å²) in [6.07, 6.45) is 0.944. The second kappa shape index (κ2) is 4.41. The molecule has 0 spiro atoms. The Morgan fingerprint density at radius 3 is 2.76 bits per heavy atom. The lowest BCUT2D eigenvalue weighted by Gasteiger charge is -2.05. The van der Waals surface area contributed by atoms with Gasteiger partial charge in [0.15, 0.2) is 5.69 Å². The number of carbonyl (C=O) groups is 1. The lowest BCUT2D eigenvalue weighted by Crippen LogP contribution is -2.02. The molecule has 0 atom stereocenters. The van der Waals surface area contributed by atoms with Crippen LogP contribution in [0.5, 0.6) is 0 Å². The minimum atomic E-state index is -1.00. The largest absolute Gasteiger partial charge is 0.476 e. The molecule has 1 aromatic carbocycles. The number of carboxylic acid groups (broad SMARTS) is 1. The summed E-state index contributed by atoms with van der Waals surface area (Å²) in [5, 5.41) is 13.0. The molecule has 0 fully saturated rings. The molecule has 1 heterocycles. The molecule has 0 saturated carbocycles. The van der Waals surface area contributed by atoms with Crippen molar-refractivity contribution in [2.24, 2.45) is 0 Å². The van der Waals surface area contributed by atoms with Crippen LogP contribution in [0.25, 0.3) is 5.69 Å². The maximum Gasteiger partial charge on any atom is 0.356 e. The van der Waals surface area contributed by atoms with E-state index in [-0.39, 0.29) is 5.69 Å². The van der Waals surface area contributed by atoms with Crippen LogP contribution in [0.4, 0.5) is 0 Å². The average Bonchev–Trinajstić information content (AvgIpc) is 2.72. The van der Waals surface area contributed by atoms with Gasteiger partial charge in [0.05, 0.1) is 5.69 Å². The monoisotopic (exact) mass is 230 g/mol. The van der Waals surface area contributed by atoms with Crippen molar-refractivity contribution >= 4 is 5.97 Å². The smallest absolute Gasteiger partial charge is 0.356 e. The molecule has 4 nitrogen and oxygen atoms in total. The van der Waals surface area contributed by atoms with E-state index < -0.39 is 5.97 Å². The fraction of sp³-hybridized carbons (Fsp3) is 0.231. The summed E-state index contributed by atoms with van der Waals surface area (Å²) < 4.78 is 1.66. The SMILES string of the molecule is CCc1cccc(-n2nc(C(=O)O)cc2C)c1. The van der Waals surface area contributed by atoms with Gasteiger partial charge in [0.2, 0.25) is 0 Å². The van der Waals surface area contributed by atoms with Gasteiger partial charge in [0, 0.05) is 5.69 Å². The fourth-order valence-electron chi connectivity index (χ4n) is 1.75. The van der Waals surface area contributed by atoms with E-state index in [4.69, 9.17) is 5.11 Å². The van der Waals surface area contributed by atoms with E-state index >= 15 is 0 Å². The van der Waals surface area contributed by atoms with E-state index in [2.05, 4.69) is 12.0 Å². The lowest BCUT2D eigenvalue weighted by atomic mass is 10.1. The molecule has 88 valence electrons. The summed E-state index contributed by atoms with van der Waals surface area (Å²) in [5.74, 6) is -1.00. The van der Waals surface area contributed by atoms with Crippen LogP contribution in [0.2, 0.25) is 0 Å². The zero-order valence-electron chi connectivity index (χ0n) is 9.84. The van der Waals surface area contributed by atoms with Gasteiger partial charge in [-0.2, -0.15) is 5.10 Å². The van der Waals surface area contributed by atoms with Crippen molar-refractivity contribution in [3.8, 4) is 5.69 Å². The highest BCUT2D eigenvalue weighted by Crippen LogP contribution is 2.14. The van der Waals surface area contributed by atoms with Crippen LogP contribution < -0.4 is 0 Å². The second-order valence-corrected chi connectivity index (χ2v) is 3.91. The Bertz CT molecular complexity index is 558. The Morgan fingerprint density at radius 2 is 2.18 bits per heavy atom. The van der Waals surface area contributed by atoms with Gasteiger partial charge < -0.3 is 5.11 Å². The number of hydrogen-bond donors (Lipinski definition) is 1. The minimum absolute atomic E-state index is 0.0735. The quantitative estimate of drug-likeness (QED) is 0.881. The Balaban J connectivity index is 2.48. The molecular weight excluding hydrogens is 216 g/mol. The molecule has 0 aliphatic heterocycles. The summed E-state index contributed by atoms with van der Waals surface area (Å²) in [5.41, 5.74) is 2.99. The number of carboxylic acids is 1. The number of hydrogen-bond acceptors (Lipinski definition) is 2. The standard InChI is InChI=1S/C13H14N2O2/c1-3-10-5-4-6-11(8-10)15-9(2)7-12(14-15)13(16)17/h4-8H,3H2,1-2H3,(H,16,17). The molecule has 0 unspecified atom stereocenters. The third kappa shape index (κ3) is 2.20. The highest BCUT2D eigenvalue weighted by molar-refractivity contribution is 5.85. The van der Waals surface area contributed by atoms with E-state index in [0.717, 1.165) is 17.8 Å². The normalized spacial score (nSPS) is 10.5. The number of nitrogens with zero attached hydrogens (tertiary/aromatic N) is 2. The first-order valence-corrected chi connectivity index (χ1v) is 5.51. The Hall–Kier alpha value is -2.10. The van der Waals surface area contributed by atoms with Crippen LogP contribution >= 0.6 is 0 Å². The summed E-state index contributed by atoms with van der Waals surface area (Å²) in [6.45, 7) is 3.93. The summed E-state index contributed by atoms with van der Waals surface area (Å²) in [4.78, 5) is 10.8. The maximum absolute atomic E-state index is 10.8. The van der Waals surface area contributed by atoms with Gasteiger partial charge in [0.25, 0.3) is 0 Å². The molecule has 2 rings (SSSR count). The zero-order chi connectivity index (χ0) is 12.4. The second-order valence-electron chi connectivity index (χ2n) is 3.91. The van der Waals surface area contributed by atoms with Crippen LogP contribution in [0, 0.1) is 6.92 Å². The van der Waals surface area contributed by atoms with Crippen LogP contribution in [-0.4, -0.2) is 20.9 Å². The van der Waals surface area contributed by atoms with Crippen molar-refractivity contribution in [3.63, 3.8) is 0 Å². The maximum atomic E-state index is 10.8. The molecule has 0 amide bonds. The van der Waals surface area contributed by atoms with Gasteiger partial charge in [-0.15, -0.1) is 0 Å². The van der Waals surface area contributed by atoms with Gasteiger partial charge in [-0.1, -0.05) is 19.1 Å². The van der Waals surface area contributed by atoms with Crippen molar-refractivity contribution in [2.45, 2.75) is 20.3 Å². The third-order valence-electron chi connectivity index (χ3n) is 2.67. The van der Waals surface area contributed by atoms with Gasteiger partial charge in [0.1, 0.15) is 0 Å². The Morgan fingerprint density at radius 1 is 1.41 bits per heavy atom. The lowest BCUT2D eigenvalue weighted by molar-refractivity contribution is 0.0690. The van der Waals surface area contributed by atoms with E-state index in [0.29, 0.717) is 0 Å². The number of rotatable bonds is 3. The Labute approximate surface area is 99.5 Å². The first-order chi connectivity index (χ1) is 8.11. The number of benzene rings is 1. The minimum Gasteiger partial charge on any atom is -0.476 e. The highest BCUT2D eigenvalue weighted by atomic mass is 16.4. The van der Waals surface area contributed by atoms with Crippen molar-refractivity contribution < 1.29 is 9.90 Å². The van der Waals surface area contributed by atoms with E-state index in [1.807, 2.05) is 31.2 Å². The van der Waals surface area contributed by atoms with Gasteiger partial charge in [-0.25, -0.2) is 9.48 Å². The average molecular weight is 230 g/mol. The molecule has 0 saturated heterocycles. The molecule has 1 N–H and O–H groups in total. The van der Waals surface area contributed by atoms with Crippen molar-refractivity contribution in [3.05, 3.63) is 47.3 Å². The van der Waals surface area contributed by atoms with Crippen LogP contribution in [0.15, 0.2) is 30.3 Å². The fourth-order valence-corrected chi connectivity index (χ4v) is 1.75. The molecule has 0 aliphatic carbocycles. The first-order valence-electron chi connectivity index (χ1n) is 5.51. The van der Waals surface area contributed by atoms with Crippen LogP contribution in [0.1, 0.15) is 28.7 Å². The highest BCUT2D eigenvalue weighted by Gasteiger charge is 2.11. The molecule has 0 radical (unpaired) electrons. The van der Waals surface area contributed by atoms with Crippen LogP contribution in [0.3, 0.4) is 0 Å². The van der Waals surface area contributed by atoms with Crippen molar-refractivity contribution in [1.82, 2.24) is 9.78 Å². The number of aryl methyl sites for hydroxylation is 2. The molecular formula is C13H14N2O2. The molecule has 4 heteroatoms. The summed E-state index contributed by atoms with van der Waals surface area (Å²) in [6, 6.07) is 9.51. The van der Waals surface area contributed by atoms with Crippen LogP contribution in [-0.2, 0) is 6.42 Å². The predicted octanol–water partition coefficient (Wildman–Crippen LogP) is 2.44. The van der Waals surface area contributed by atoms with Crippen molar-refractivity contribution in [2.75, 3.05) is 0 Å². The van der Waals surface area contributed by atoms with Crippen molar-refractivity contribution in [1.29, 1.82) is 0 Å². The van der Waals surface area contributed by atoms with Gasteiger partial charge in [-0.05, 0) is 37.1 Å². The van der Waals surface area contributed by atoms with Gasteiger partial charge >= 0.3 is 5.97 Å².